The van der Waals surface area contributed by atoms with Crippen LogP contribution < -0.4 is 0 Å². The van der Waals surface area contributed by atoms with Gasteiger partial charge in [0, 0.05) is 13.8 Å². The summed E-state index contributed by atoms with van der Waals surface area (Å²) >= 11 is 3.80. The van der Waals surface area contributed by atoms with Crippen molar-refractivity contribution in [2.24, 2.45) is 0 Å². The lowest BCUT2D eigenvalue weighted by Gasteiger charge is -2.13. The first-order valence-electron chi connectivity index (χ1n) is 3.34. The predicted octanol–water partition coefficient (Wildman–Crippen LogP) is 0.573. The Morgan fingerprint density at radius 1 is 1.42 bits per heavy atom. The maximum Gasteiger partial charge on any atom is 0.303 e. The molecule has 1 unspecified atom stereocenters. The fourth-order valence-electron chi connectivity index (χ4n) is 0.520. The molecule has 0 aromatic carbocycles. The minimum Gasteiger partial charge on any atom is -0.462 e. The van der Waals surface area contributed by atoms with Gasteiger partial charge in [-0.15, -0.1) is 0 Å². The first-order valence-corrected chi connectivity index (χ1v) is 3.86. The molecule has 0 N–H and O–H groups in total. The lowest BCUT2D eigenvalue weighted by molar-refractivity contribution is -0.153. The van der Waals surface area contributed by atoms with Crippen molar-refractivity contribution in [2.75, 3.05) is 6.61 Å². The number of carbonyl (C=O) groups excluding carboxylic acids is 2. The van der Waals surface area contributed by atoms with E-state index in [0.717, 1.165) is 0 Å². The van der Waals surface area contributed by atoms with Crippen LogP contribution in [0, 0.1) is 5.75 Å². The molecule has 4 nitrogen and oxygen atoms in total. The normalized spacial score (nSPS) is 11.9. The lowest BCUT2D eigenvalue weighted by atomic mass is 10.4. The Labute approximate surface area is 76.6 Å². The van der Waals surface area contributed by atoms with E-state index in [4.69, 9.17) is 4.74 Å². The predicted molar refractivity (Wildman–Crippen MR) is 45.5 cm³/mol. The molecule has 0 bridgehead atoms. The zero-order valence-electron chi connectivity index (χ0n) is 6.94. The first-order chi connectivity index (χ1) is 5.56. The highest BCUT2D eigenvalue weighted by Crippen LogP contribution is 2.01. The summed E-state index contributed by atoms with van der Waals surface area (Å²) in [5.74, 6) is 0.504. The van der Waals surface area contributed by atoms with Crippen LogP contribution in [0.25, 0.3) is 0 Å². The zero-order valence-corrected chi connectivity index (χ0v) is 7.84. The van der Waals surface area contributed by atoms with Crippen LogP contribution in [0.5, 0.6) is 0 Å². The monoisotopic (exact) mass is 191 g/mol. The molecule has 0 saturated heterocycles. The Hall–Kier alpha value is -0.710. The Balaban J connectivity index is 3.67. The Kier molecular flexibility index (Phi) is 5.53. The van der Waals surface area contributed by atoms with E-state index in [0.29, 0.717) is 0 Å². The molecule has 1 radical (unpaired) electrons. The van der Waals surface area contributed by atoms with Gasteiger partial charge in [-0.3, -0.25) is 9.59 Å². The van der Waals surface area contributed by atoms with Crippen molar-refractivity contribution in [1.29, 1.82) is 0 Å². The van der Waals surface area contributed by atoms with Crippen LogP contribution >= 0.6 is 12.6 Å². The van der Waals surface area contributed by atoms with E-state index < -0.39 is 18.0 Å². The molecule has 0 amide bonds. The molecule has 5 heteroatoms. The first kappa shape index (κ1) is 11.3. The van der Waals surface area contributed by atoms with Gasteiger partial charge in [-0.1, -0.05) is 0 Å². The van der Waals surface area contributed by atoms with E-state index in [-0.39, 0.29) is 6.61 Å². The fraction of sp³-hybridized carbons (Fsp3) is 0.571. The second kappa shape index (κ2) is 5.88. The average molecular weight is 191 g/mol. The highest BCUT2D eigenvalue weighted by molar-refractivity contribution is 7.82. The quantitative estimate of drug-likeness (QED) is 0.521. The zero-order chi connectivity index (χ0) is 9.56. The molecule has 0 aromatic heterocycles. The van der Waals surface area contributed by atoms with Gasteiger partial charge in [0.1, 0.15) is 12.7 Å². The van der Waals surface area contributed by atoms with E-state index in [1.807, 2.05) is 0 Å². The molecule has 0 aliphatic heterocycles. The van der Waals surface area contributed by atoms with E-state index in [2.05, 4.69) is 17.4 Å². The topological polar surface area (TPSA) is 52.6 Å². The van der Waals surface area contributed by atoms with Crippen LogP contribution in [0.4, 0.5) is 0 Å². The third kappa shape index (κ3) is 6.03. The largest absolute Gasteiger partial charge is 0.462 e. The van der Waals surface area contributed by atoms with Crippen LogP contribution in [0.15, 0.2) is 0 Å². The van der Waals surface area contributed by atoms with Gasteiger partial charge in [0.15, 0.2) is 0 Å². The maximum absolute atomic E-state index is 10.4. The summed E-state index contributed by atoms with van der Waals surface area (Å²) in [6.45, 7) is 2.57. The molecule has 0 aromatic rings. The van der Waals surface area contributed by atoms with Gasteiger partial charge in [-0.25, -0.2) is 0 Å². The Bertz CT molecular complexity index is 169. The Morgan fingerprint density at radius 3 is 2.33 bits per heavy atom. The van der Waals surface area contributed by atoms with Gasteiger partial charge >= 0.3 is 11.9 Å². The lowest BCUT2D eigenvalue weighted by Crippen LogP contribution is -2.22. The molecule has 69 valence electrons. The summed E-state index contributed by atoms with van der Waals surface area (Å²) in [6.07, 6.45) is -0.574. The van der Waals surface area contributed by atoms with Crippen molar-refractivity contribution in [3.8, 4) is 0 Å². The second-order valence-electron chi connectivity index (χ2n) is 2.10. The summed E-state index contributed by atoms with van der Waals surface area (Å²) in [5, 5.41) is 0. The maximum atomic E-state index is 10.4. The van der Waals surface area contributed by atoms with E-state index in [9.17, 15) is 9.59 Å². The standard InChI is InChI=1S/C7H11O4S/c1-5(8)10-3-7(4-12)11-6(2)9/h4,7,12H,3H2,1-2H3. The third-order valence-electron chi connectivity index (χ3n) is 0.934. The number of thiol groups is 1. The number of rotatable bonds is 4. The molecular weight excluding hydrogens is 180 g/mol. The highest BCUT2D eigenvalue weighted by Gasteiger charge is 2.11. The van der Waals surface area contributed by atoms with Crippen molar-refractivity contribution >= 4 is 24.6 Å². The Morgan fingerprint density at radius 2 is 2.00 bits per heavy atom. The smallest absolute Gasteiger partial charge is 0.303 e. The van der Waals surface area contributed by atoms with Gasteiger partial charge in [0.25, 0.3) is 0 Å². The van der Waals surface area contributed by atoms with Crippen LogP contribution in [-0.4, -0.2) is 24.6 Å². The number of ether oxygens (including phenoxy) is 2. The van der Waals surface area contributed by atoms with E-state index in [1.165, 1.54) is 19.6 Å². The summed E-state index contributed by atoms with van der Waals surface area (Å²) in [5.41, 5.74) is 0. The molecule has 0 heterocycles. The third-order valence-corrected chi connectivity index (χ3v) is 1.27. The number of esters is 2. The minimum atomic E-state index is -0.574. The molecule has 0 aliphatic carbocycles. The van der Waals surface area contributed by atoms with Crippen LogP contribution in [0.3, 0.4) is 0 Å². The number of hydrogen-bond acceptors (Lipinski definition) is 5. The minimum absolute atomic E-state index is 0.0123. The summed E-state index contributed by atoms with van der Waals surface area (Å²) in [7, 11) is 0. The van der Waals surface area contributed by atoms with Crippen molar-refractivity contribution in [1.82, 2.24) is 0 Å². The molecule has 0 spiro atoms. The van der Waals surface area contributed by atoms with Crippen molar-refractivity contribution in [3.05, 3.63) is 5.75 Å². The molecule has 1 atom stereocenters. The second-order valence-corrected chi connectivity index (χ2v) is 2.40. The van der Waals surface area contributed by atoms with Gasteiger partial charge < -0.3 is 9.47 Å². The van der Waals surface area contributed by atoms with Gasteiger partial charge in [-0.2, -0.15) is 12.6 Å². The van der Waals surface area contributed by atoms with Gasteiger partial charge in [0.2, 0.25) is 0 Å². The molecule has 0 fully saturated rings. The van der Waals surface area contributed by atoms with Crippen LogP contribution in [-0.2, 0) is 19.1 Å². The van der Waals surface area contributed by atoms with Crippen molar-refractivity contribution in [3.63, 3.8) is 0 Å². The van der Waals surface area contributed by atoms with Crippen LogP contribution in [0.2, 0.25) is 0 Å². The summed E-state index contributed by atoms with van der Waals surface area (Å²) in [6, 6.07) is 0. The van der Waals surface area contributed by atoms with Crippen molar-refractivity contribution < 1.29 is 19.1 Å². The highest BCUT2D eigenvalue weighted by atomic mass is 32.1. The molecule has 0 aliphatic rings. The number of carbonyl (C=O) groups is 2. The summed E-state index contributed by atoms with van der Waals surface area (Å²) < 4.78 is 9.30. The molecule has 0 saturated carbocycles. The molecular formula is C7H11O4S. The van der Waals surface area contributed by atoms with Gasteiger partial charge in [-0.05, 0) is 0 Å². The van der Waals surface area contributed by atoms with Crippen LogP contribution in [0.1, 0.15) is 13.8 Å². The van der Waals surface area contributed by atoms with Crippen molar-refractivity contribution in [2.45, 2.75) is 20.0 Å². The molecule has 12 heavy (non-hydrogen) atoms. The number of hydrogen-bond donors (Lipinski definition) is 1. The van der Waals surface area contributed by atoms with E-state index in [1.54, 1.807) is 0 Å². The molecule has 0 rings (SSSR count). The van der Waals surface area contributed by atoms with Gasteiger partial charge in [0.05, 0.1) is 5.75 Å². The summed E-state index contributed by atoms with van der Waals surface area (Å²) in [4.78, 5) is 20.8. The average Bonchev–Trinajstić information content (AvgIpc) is 1.97. The SMILES string of the molecule is CC(=O)OCC([CH]S)OC(C)=O. The van der Waals surface area contributed by atoms with E-state index >= 15 is 0 Å². The fourth-order valence-corrected chi connectivity index (χ4v) is 0.667.